The molecule has 1 saturated heterocycles. The molecule has 8 heteroatoms. The normalized spacial score (nSPS) is 18.2. The highest BCUT2D eigenvalue weighted by Crippen LogP contribution is 2.32. The van der Waals surface area contributed by atoms with Crippen molar-refractivity contribution in [2.24, 2.45) is 0 Å². The molecule has 0 saturated carbocycles. The summed E-state index contributed by atoms with van der Waals surface area (Å²) < 4.78 is 0. The quantitative estimate of drug-likeness (QED) is 0.632. The number of carboxylic acid groups (broad SMARTS) is 1. The first-order chi connectivity index (χ1) is 9.99. The SMILES string of the molecule is O=C(O)c1cc([N+](=O)[O-])cc(Cl)c1NCC1CCCCS1. The third kappa shape index (κ3) is 4.01. The highest BCUT2D eigenvalue weighted by atomic mass is 35.5. The fourth-order valence-electron chi connectivity index (χ4n) is 2.23. The van der Waals surface area contributed by atoms with E-state index < -0.39 is 10.9 Å². The maximum absolute atomic E-state index is 11.3. The number of aromatic carboxylic acids is 1. The predicted octanol–water partition coefficient (Wildman–Crippen LogP) is 3.64. The number of carboxylic acids is 1. The molecule has 0 bridgehead atoms. The van der Waals surface area contributed by atoms with Gasteiger partial charge in [0.15, 0.2) is 0 Å². The summed E-state index contributed by atoms with van der Waals surface area (Å²) in [5, 5.41) is 23.5. The van der Waals surface area contributed by atoms with E-state index in [0.29, 0.717) is 11.8 Å². The van der Waals surface area contributed by atoms with E-state index in [2.05, 4.69) is 5.32 Å². The Morgan fingerprint density at radius 3 is 2.86 bits per heavy atom. The van der Waals surface area contributed by atoms with Crippen molar-refractivity contribution in [3.63, 3.8) is 0 Å². The second-order valence-corrected chi connectivity index (χ2v) is 6.60. The Hall–Kier alpha value is -1.47. The summed E-state index contributed by atoms with van der Waals surface area (Å²) in [5.41, 5.74) is -0.244. The van der Waals surface area contributed by atoms with Crippen LogP contribution in [0.4, 0.5) is 11.4 Å². The molecule has 0 amide bonds. The van der Waals surface area contributed by atoms with E-state index in [-0.39, 0.29) is 22.0 Å². The minimum absolute atomic E-state index is 0.0578. The van der Waals surface area contributed by atoms with Gasteiger partial charge in [0.1, 0.15) is 0 Å². The lowest BCUT2D eigenvalue weighted by Crippen LogP contribution is -2.21. The number of thioether (sulfide) groups is 1. The van der Waals surface area contributed by atoms with Gasteiger partial charge in [-0.15, -0.1) is 0 Å². The lowest BCUT2D eigenvalue weighted by atomic mass is 10.1. The Morgan fingerprint density at radius 2 is 2.29 bits per heavy atom. The van der Waals surface area contributed by atoms with Crippen molar-refractivity contribution in [1.82, 2.24) is 0 Å². The second kappa shape index (κ2) is 7.00. The van der Waals surface area contributed by atoms with Crippen molar-refractivity contribution in [2.45, 2.75) is 24.5 Å². The van der Waals surface area contributed by atoms with Crippen LogP contribution in [0.25, 0.3) is 0 Å². The van der Waals surface area contributed by atoms with Gasteiger partial charge < -0.3 is 10.4 Å². The van der Waals surface area contributed by atoms with Crippen LogP contribution in [0.1, 0.15) is 29.6 Å². The fourth-order valence-corrected chi connectivity index (χ4v) is 3.75. The number of nitro groups is 1. The number of halogens is 1. The third-order valence-corrected chi connectivity index (χ3v) is 4.99. The summed E-state index contributed by atoms with van der Waals surface area (Å²) in [6.07, 6.45) is 3.45. The zero-order valence-electron chi connectivity index (χ0n) is 11.2. The van der Waals surface area contributed by atoms with Crippen LogP contribution in [0.2, 0.25) is 5.02 Å². The van der Waals surface area contributed by atoms with E-state index in [1.807, 2.05) is 11.8 Å². The third-order valence-electron chi connectivity index (χ3n) is 3.30. The van der Waals surface area contributed by atoms with Crippen LogP contribution >= 0.6 is 23.4 Å². The van der Waals surface area contributed by atoms with Crippen LogP contribution in [0.5, 0.6) is 0 Å². The van der Waals surface area contributed by atoms with Gasteiger partial charge in [-0.25, -0.2) is 4.79 Å². The smallest absolute Gasteiger partial charge is 0.338 e. The first-order valence-electron chi connectivity index (χ1n) is 6.55. The van der Waals surface area contributed by atoms with Crippen molar-refractivity contribution in [3.05, 3.63) is 32.8 Å². The number of nitrogens with one attached hydrogen (secondary N) is 1. The Morgan fingerprint density at radius 1 is 1.52 bits per heavy atom. The van der Waals surface area contributed by atoms with Gasteiger partial charge in [0, 0.05) is 23.9 Å². The molecule has 0 radical (unpaired) electrons. The van der Waals surface area contributed by atoms with Crippen molar-refractivity contribution in [3.8, 4) is 0 Å². The number of anilines is 1. The van der Waals surface area contributed by atoms with Crippen molar-refractivity contribution in [2.75, 3.05) is 17.6 Å². The molecule has 0 aromatic heterocycles. The van der Waals surface area contributed by atoms with Crippen LogP contribution in [-0.4, -0.2) is 33.5 Å². The standard InChI is InChI=1S/C13H15ClN2O4S/c14-11-6-8(16(19)20)5-10(13(17)18)12(11)15-7-9-3-1-2-4-21-9/h5-6,9,15H,1-4,7H2,(H,17,18). The number of non-ortho nitro benzene ring substituents is 1. The Labute approximate surface area is 131 Å². The molecule has 114 valence electrons. The second-order valence-electron chi connectivity index (χ2n) is 4.78. The highest BCUT2D eigenvalue weighted by molar-refractivity contribution is 7.99. The number of benzene rings is 1. The summed E-state index contributed by atoms with van der Waals surface area (Å²) in [6, 6.07) is 2.20. The number of rotatable bonds is 5. The van der Waals surface area contributed by atoms with Gasteiger partial charge in [-0.1, -0.05) is 18.0 Å². The molecule has 21 heavy (non-hydrogen) atoms. The minimum Gasteiger partial charge on any atom is -0.478 e. The maximum Gasteiger partial charge on any atom is 0.338 e. The number of nitrogens with zero attached hydrogens (tertiary/aromatic N) is 1. The highest BCUT2D eigenvalue weighted by Gasteiger charge is 2.21. The first-order valence-corrected chi connectivity index (χ1v) is 7.98. The number of carbonyl (C=O) groups is 1. The van der Waals surface area contributed by atoms with Crippen LogP contribution in [0.15, 0.2) is 12.1 Å². The molecule has 1 aromatic carbocycles. The molecule has 1 aliphatic heterocycles. The summed E-state index contributed by atoms with van der Waals surface area (Å²) >= 11 is 7.85. The number of hydrogen-bond acceptors (Lipinski definition) is 5. The largest absolute Gasteiger partial charge is 0.478 e. The fraction of sp³-hybridized carbons (Fsp3) is 0.462. The van der Waals surface area contributed by atoms with Crippen LogP contribution < -0.4 is 5.32 Å². The van der Waals surface area contributed by atoms with Gasteiger partial charge in [0.2, 0.25) is 0 Å². The van der Waals surface area contributed by atoms with Gasteiger partial charge >= 0.3 is 5.97 Å². The molecule has 1 unspecified atom stereocenters. The van der Waals surface area contributed by atoms with Crippen LogP contribution in [0.3, 0.4) is 0 Å². The molecule has 6 nitrogen and oxygen atoms in total. The summed E-state index contributed by atoms with van der Waals surface area (Å²) in [4.78, 5) is 21.4. The number of hydrogen-bond donors (Lipinski definition) is 2. The minimum atomic E-state index is -1.24. The zero-order valence-corrected chi connectivity index (χ0v) is 12.7. The predicted molar refractivity (Wildman–Crippen MR) is 83.7 cm³/mol. The Kier molecular flexibility index (Phi) is 5.30. The van der Waals surface area contributed by atoms with Gasteiger partial charge in [-0.3, -0.25) is 10.1 Å². The molecule has 1 heterocycles. The Balaban J connectivity index is 2.20. The van der Waals surface area contributed by atoms with Gasteiger partial charge in [-0.2, -0.15) is 11.8 Å². The first kappa shape index (κ1) is 15.9. The number of nitro benzene ring substituents is 1. The molecule has 0 spiro atoms. The topological polar surface area (TPSA) is 92.5 Å². The zero-order chi connectivity index (χ0) is 15.4. The van der Waals surface area contributed by atoms with E-state index >= 15 is 0 Å². The molecule has 2 rings (SSSR count). The van der Waals surface area contributed by atoms with Crippen LogP contribution in [-0.2, 0) is 0 Å². The van der Waals surface area contributed by atoms with Crippen molar-refractivity contribution >= 4 is 40.7 Å². The van der Waals surface area contributed by atoms with Crippen molar-refractivity contribution in [1.29, 1.82) is 0 Å². The monoisotopic (exact) mass is 330 g/mol. The average molecular weight is 331 g/mol. The van der Waals surface area contributed by atoms with E-state index in [4.69, 9.17) is 11.6 Å². The summed E-state index contributed by atoms with van der Waals surface area (Å²) in [6.45, 7) is 0.600. The van der Waals surface area contributed by atoms with Gasteiger partial charge in [0.05, 0.1) is 21.2 Å². The molecular formula is C13H15ClN2O4S. The van der Waals surface area contributed by atoms with Gasteiger partial charge in [-0.05, 0) is 18.6 Å². The maximum atomic E-state index is 11.3. The van der Waals surface area contributed by atoms with E-state index in [0.717, 1.165) is 18.2 Å². The van der Waals surface area contributed by atoms with E-state index in [1.165, 1.54) is 18.9 Å². The van der Waals surface area contributed by atoms with Gasteiger partial charge in [0.25, 0.3) is 5.69 Å². The molecule has 1 aromatic rings. The lowest BCUT2D eigenvalue weighted by molar-refractivity contribution is -0.384. The van der Waals surface area contributed by atoms with Crippen molar-refractivity contribution < 1.29 is 14.8 Å². The van der Waals surface area contributed by atoms with E-state index in [1.54, 1.807) is 0 Å². The van der Waals surface area contributed by atoms with Crippen LogP contribution in [0, 0.1) is 10.1 Å². The Bertz CT molecular complexity index is 561. The molecule has 0 aliphatic carbocycles. The summed E-state index contributed by atoms with van der Waals surface area (Å²) in [5.74, 6) is -0.133. The molecule has 1 fully saturated rings. The summed E-state index contributed by atoms with van der Waals surface area (Å²) in [7, 11) is 0. The molecule has 1 aliphatic rings. The molecule has 1 atom stereocenters. The molecule has 2 N–H and O–H groups in total. The lowest BCUT2D eigenvalue weighted by Gasteiger charge is -2.22. The molecular weight excluding hydrogens is 316 g/mol. The van der Waals surface area contributed by atoms with E-state index in [9.17, 15) is 20.0 Å². The average Bonchev–Trinajstić information content (AvgIpc) is 2.46.